The van der Waals surface area contributed by atoms with Crippen LogP contribution >= 0.6 is 11.6 Å². The highest BCUT2D eigenvalue weighted by Gasteiger charge is 2.34. The molecule has 0 aliphatic carbocycles. The van der Waals surface area contributed by atoms with Crippen molar-refractivity contribution < 1.29 is 9.90 Å². The summed E-state index contributed by atoms with van der Waals surface area (Å²) in [6.07, 6.45) is 0.497. The van der Waals surface area contributed by atoms with E-state index >= 15 is 0 Å². The van der Waals surface area contributed by atoms with Gasteiger partial charge >= 0.3 is 0 Å². The van der Waals surface area contributed by atoms with E-state index in [-0.39, 0.29) is 17.7 Å². The van der Waals surface area contributed by atoms with E-state index in [1.54, 1.807) is 30.3 Å². The monoisotopic (exact) mass is 376 g/mol. The van der Waals surface area contributed by atoms with Gasteiger partial charge in [-0.1, -0.05) is 60.1 Å². The Hall–Kier alpha value is -3.11. The molecule has 134 valence electrons. The first-order valence-corrected chi connectivity index (χ1v) is 9.01. The van der Waals surface area contributed by atoms with E-state index < -0.39 is 0 Å². The molecule has 0 saturated carbocycles. The molecule has 1 heterocycles. The zero-order valence-electron chi connectivity index (χ0n) is 14.4. The molecule has 3 aromatic rings. The van der Waals surface area contributed by atoms with Gasteiger partial charge in [0.15, 0.2) is 0 Å². The molecular formula is C22H17ClN2O2. The molecule has 0 bridgehead atoms. The largest absolute Gasteiger partial charge is 0.507 e. The summed E-state index contributed by atoms with van der Waals surface area (Å²) in [5, 5.41) is 16.8. The number of carbonyl (C=O) groups excluding carboxylic acids is 1. The van der Waals surface area contributed by atoms with Crippen LogP contribution in [0.1, 0.15) is 33.9 Å². The maximum Gasteiger partial charge on any atom is 0.274 e. The number of aromatic hydroxyl groups is 1. The Morgan fingerprint density at radius 3 is 2.37 bits per heavy atom. The first-order valence-electron chi connectivity index (χ1n) is 8.63. The van der Waals surface area contributed by atoms with Gasteiger partial charge in [-0.3, -0.25) is 4.79 Å². The van der Waals surface area contributed by atoms with Gasteiger partial charge in [-0.15, -0.1) is 0 Å². The number of hydrogen-bond donors (Lipinski definition) is 1. The zero-order chi connectivity index (χ0) is 18.8. The average Bonchev–Trinajstić information content (AvgIpc) is 3.16. The molecule has 0 fully saturated rings. The number of phenols is 1. The average molecular weight is 377 g/mol. The molecule has 0 unspecified atom stereocenters. The van der Waals surface area contributed by atoms with Crippen LogP contribution in [0.15, 0.2) is 84.0 Å². The number of halogens is 1. The van der Waals surface area contributed by atoms with Crippen LogP contribution in [0.2, 0.25) is 5.02 Å². The summed E-state index contributed by atoms with van der Waals surface area (Å²) in [5.74, 6) is -0.0834. The van der Waals surface area contributed by atoms with Gasteiger partial charge in [-0.05, 0) is 35.9 Å². The highest BCUT2D eigenvalue weighted by molar-refractivity contribution is 6.31. The third-order valence-electron chi connectivity index (χ3n) is 4.59. The van der Waals surface area contributed by atoms with Crippen molar-refractivity contribution in [1.29, 1.82) is 0 Å². The summed E-state index contributed by atoms with van der Waals surface area (Å²) < 4.78 is 0. The molecule has 3 aromatic carbocycles. The van der Waals surface area contributed by atoms with Gasteiger partial charge in [0.1, 0.15) is 5.75 Å². The molecule has 1 amide bonds. The molecule has 27 heavy (non-hydrogen) atoms. The van der Waals surface area contributed by atoms with Crippen molar-refractivity contribution in [2.24, 2.45) is 5.10 Å². The summed E-state index contributed by atoms with van der Waals surface area (Å²) in [7, 11) is 0. The third-order valence-corrected chi connectivity index (χ3v) is 4.83. The van der Waals surface area contributed by atoms with Crippen molar-refractivity contribution in [3.63, 3.8) is 0 Å². The fourth-order valence-electron chi connectivity index (χ4n) is 3.25. The van der Waals surface area contributed by atoms with E-state index in [9.17, 15) is 9.90 Å². The number of phenolic OH excluding ortho intramolecular Hbond substituents is 1. The van der Waals surface area contributed by atoms with E-state index in [4.69, 9.17) is 11.6 Å². The van der Waals surface area contributed by atoms with Crippen LogP contribution in [0.3, 0.4) is 0 Å². The Bertz CT molecular complexity index is 1000. The van der Waals surface area contributed by atoms with E-state index in [0.29, 0.717) is 28.3 Å². The fraction of sp³-hybridized carbons (Fsp3) is 0.0909. The van der Waals surface area contributed by atoms with Crippen LogP contribution < -0.4 is 0 Å². The molecule has 1 atom stereocenters. The lowest BCUT2D eigenvalue weighted by atomic mass is 9.97. The first kappa shape index (κ1) is 17.3. The normalized spacial score (nSPS) is 16.3. The predicted molar refractivity (Wildman–Crippen MR) is 106 cm³/mol. The number of rotatable bonds is 3. The lowest BCUT2D eigenvalue weighted by Gasteiger charge is -2.22. The van der Waals surface area contributed by atoms with Gasteiger partial charge in [0, 0.05) is 22.6 Å². The van der Waals surface area contributed by atoms with E-state index in [2.05, 4.69) is 5.10 Å². The Morgan fingerprint density at radius 1 is 1.00 bits per heavy atom. The lowest BCUT2D eigenvalue weighted by molar-refractivity contribution is 0.0711. The third kappa shape index (κ3) is 3.44. The van der Waals surface area contributed by atoms with E-state index in [0.717, 1.165) is 5.56 Å². The zero-order valence-corrected chi connectivity index (χ0v) is 15.2. The number of amides is 1. The van der Waals surface area contributed by atoms with Gasteiger partial charge in [-0.2, -0.15) is 5.10 Å². The minimum atomic E-state index is -0.243. The Morgan fingerprint density at radius 2 is 1.67 bits per heavy atom. The van der Waals surface area contributed by atoms with Crippen LogP contribution in [0.5, 0.6) is 5.75 Å². The van der Waals surface area contributed by atoms with Crippen LogP contribution in [-0.2, 0) is 0 Å². The van der Waals surface area contributed by atoms with E-state index in [1.807, 2.05) is 48.5 Å². The molecule has 4 nitrogen and oxygen atoms in total. The summed E-state index contributed by atoms with van der Waals surface area (Å²) >= 11 is 6.10. The smallest absolute Gasteiger partial charge is 0.274 e. The summed E-state index contributed by atoms with van der Waals surface area (Å²) in [6.45, 7) is 0. The highest BCUT2D eigenvalue weighted by Crippen LogP contribution is 2.36. The molecule has 0 spiro atoms. The number of hydrogen-bond acceptors (Lipinski definition) is 3. The van der Waals surface area contributed by atoms with Crippen molar-refractivity contribution in [2.75, 3.05) is 0 Å². The second-order valence-electron chi connectivity index (χ2n) is 6.35. The topological polar surface area (TPSA) is 52.9 Å². The van der Waals surface area contributed by atoms with Crippen molar-refractivity contribution >= 4 is 23.2 Å². The molecular weight excluding hydrogens is 360 g/mol. The second-order valence-corrected chi connectivity index (χ2v) is 6.79. The Balaban J connectivity index is 1.77. The van der Waals surface area contributed by atoms with Crippen molar-refractivity contribution in [3.05, 3.63) is 101 Å². The molecule has 0 saturated heterocycles. The lowest BCUT2D eigenvalue weighted by Crippen LogP contribution is -2.27. The van der Waals surface area contributed by atoms with Gasteiger partial charge in [0.25, 0.3) is 5.91 Å². The molecule has 1 N–H and O–H groups in total. The van der Waals surface area contributed by atoms with Gasteiger partial charge in [-0.25, -0.2) is 5.01 Å². The number of benzene rings is 3. The minimum Gasteiger partial charge on any atom is -0.507 e. The first-order chi connectivity index (χ1) is 13.1. The Labute approximate surface area is 162 Å². The van der Waals surface area contributed by atoms with Crippen LogP contribution in [0.25, 0.3) is 0 Å². The molecule has 0 aromatic heterocycles. The van der Waals surface area contributed by atoms with Crippen LogP contribution in [0.4, 0.5) is 0 Å². The number of hydrazone groups is 1. The van der Waals surface area contributed by atoms with Gasteiger partial charge in [0.05, 0.1) is 11.8 Å². The summed E-state index contributed by atoms with van der Waals surface area (Å²) in [6, 6.07) is 23.4. The molecule has 1 aliphatic rings. The quantitative estimate of drug-likeness (QED) is 0.696. The minimum absolute atomic E-state index is 0.0963. The standard InChI is InChI=1S/C22H17ClN2O2/c23-17-11-12-21(26)18(13-17)19-14-20(15-7-3-1-4-8-15)25(24-19)22(27)16-9-5-2-6-10-16/h1-13,20,26H,14H2/t20-/m0/s1. The summed E-state index contributed by atoms with van der Waals surface area (Å²) in [4.78, 5) is 13.1. The van der Waals surface area contributed by atoms with Crippen molar-refractivity contribution in [1.82, 2.24) is 5.01 Å². The van der Waals surface area contributed by atoms with Gasteiger partial charge in [0.2, 0.25) is 0 Å². The van der Waals surface area contributed by atoms with Crippen molar-refractivity contribution in [2.45, 2.75) is 12.5 Å². The van der Waals surface area contributed by atoms with Crippen LogP contribution in [0, 0.1) is 0 Å². The summed E-state index contributed by atoms with van der Waals surface area (Å²) in [5.41, 5.74) is 2.74. The maximum atomic E-state index is 13.1. The molecule has 0 radical (unpaired) electrons. The number of carbonyl (C=O) groups is 1. The molecule has 4 rings (SSSR count). The predicted octanol–water partition coefficient (Wildman–Crippen LogP) is 5.04. The SMILES string of the molecule is O=C(c1ccccc1)N1N=C(c2cc(Cl)ccc2O)C[C@H]1c1ccccc1. The molecule has 1 aliphatic heterocycles. The Kier molecular flexibility index (Phi) is 4.65. The second kappa shape index (κ2) is 7.25. The highest BCUT2D eigenvalue weighted by atomic mass is 35.5. The van der Waals surface area contributed by atoms with Crippen molar-refractivity contribution in [3.8, 4) is 5.75 Å². The number of nitrogens with zero attached hydrogens (tertiary/aromatic N) is 2. The molecule has 5 heteroatoms. The van der Waals surface area contributed by atoms with Crippen LogP contribution in [-0.4, -0.2) is 21.7 Å². The fourth-order valence-corrected chi connectivity index (χ4v) is 3.42. The van der Waals surface area contributed by atoms with Gasteiger partial charge < -0.3 is 5.11 Å². The van der Waals surface area contributed by atoms with E-state index in [1.165, 1.54) is 5.01 Å². The maximum absolute atomic E-state index is 13.1.